The Kier molecular flexibility index (Phi) is 5.38. The molecule has 152 valence electrons. The largest absolute Gasteiger partial charge is 0.493 e. The van der Waals surface area contributed by atoms with E-state index in [2.05, 4.69) is 10.1 Å². The van der Waals surface area contributed by atoms with Crippen LogP contribution >= 0.6 is 0 Å². The second-order valence-electron chi connectivity index (χ2n) is 6.29. The molecule has 0 saturated heterocycles. The van der Waals surface area contributed by atoms with Gasteiger partial charge in [0.25, 0.3) is 5.89 Å². The molecule has 0 aliphatic heterocycles. The van der Waals surface area contributed by atoms with Crippen LogP contribution in [0.2, 0.25) is 0 Å². The molecule has 0 aliphatic rings. The molecule has 0 saturated carbocycles. The molecule has 0 bridgehead atoms. The fraction of sp³-hybridized carbons (Fsp3) is 0.0909. The maximum Gasteiger partial charge on any atom is 0.261 e. The summed E-state index contributed by atoms with van der Waals surface area (Å²) in [5.41, 5.74) is 0.816. The van der Waals surface area contributed by atoms with Gasteiger partial charge in [0, 0.05) is 11.1 Å². The smallest absolute Gasteiger partial charge is 0.261 e. The van der Waals surface area contributed by atoms with Crippen LogP contribution in [0.3, 0.4) is 0 Å². The first-order valence-electron chi connectivity index (χ1n) is 8.89. The summed E-state index contributed by atoms with van der Waals surface area (Å²) in [6, 6.07) is 14.1. The summed E-state index contributed by atoms with van der Waals surface area (Å²) >= 11 is 0. The number of rotatable bonds is 6. The molecular weight excluding hydrogens is 397 g/mol. The predicted molar refractivity (Wildman–Crippen MR) is 102 cm³/mol. The van der Waals surface area contributed by atoms with Crippen LogP contribution in [0.4, 0.5) is 13.2 Å². The molecule has 0 aliphatic carbocycles. The van der Waals surface area contributed by atoms with Gasteiger partial charge in [0.15, 0.2) is 11.5 Å². The molecule has 4 aromatic rings. The molecule has 0 spiro atoms. The van der Waals surface area contributed by atoms with Gasteiger partial charge in [-0.15, -0.1) is 0 Å². The molecule has 3 aromatic carbocycles. The zero-order valence-electron chi connectivity index (χ0n) is 15.7. The van der Waals surface area contributed by atoms with E-state index in [1.165, 1.54) is 19.2 Å². The van der Waals surface area contributed by atoms with E-state index in [4.69, 9.17) is 14.0 Å². The molecule has 0 unspecified atom stereocenters. The minimum absolute atomic E-state index is 0.0453. The highest BCUT2D eigenvalue weighted by Gasteiger charge is 2.16. The summed E-state index contributed by atoms with van der Waals surface area (Å²) in [7, 11) is 1.44. The second-order valence-corrected chi connectivity index (χ2v) is 6.29. The van der Waals surface area contributed by atoms with Crippen molar-refractivity contribution < 1.29 is 27.2 Å². The van der Waals surface area contributed by atoms with Crippen molar-refractivity contribution in [3.8, 4) is 34.3 Å². The molecule has 1 heterocycles. The monoisotopic (exact) mass is 412 g/mol. The van der Waals surface area contributed by atoms with Gasteiger partial charge in [-0.1, -0.05) is 17.3 Å². The van der Waals surface area contributed by atoms with Crippen molar-refractivity contribution in [3.05, 3.63) is 83.7 Å². The van der Waals surface area contributed by atoms with Crippen molar-refractivity contribution >= 4 is 0 Å². The number of hydrogen-bond acceptors (Lipinski definition) is 5. The highest BCUT2D eigenvalue weighted by atomic mass is 19.1. The standard InChI is InChI=1S/C22H15F3N2O3/c1-28-20-11-13(21-26-22(30-27-21)16-4-2-3-5-18(16)25)6-9-19(20)29-12-14-10-15(23)7-8-17(14)24/h2-11H,12H2,1H3. The third kappa shape index (κ3) is 3.98. The molecule has 0 N–H and O–H groups in total. The lowest BCUT2D eigenvalue weighted by Crippen LogP contribution is -2.01. The van der Waals surface area contributed by atoms with E-state index in [-0.39, 0.29) is 29.4 Å². The molecule has 30 heavy (non-hydrogen) atoms. The normalized spacial score (nSPS) is 10.8. The summed E-state index contributed by atoms with van der Waals surface area (Å²) in [5, 5.41) is 3.88. The quantitative estimate of drug-likeness (QED) is 0.424. The van der Waals surface area contributed by atoms with Crippen molar-refractivity contribution in [2.45, 2.75) is 6.61 Å². The van der Waals surface area contributed by atoms with E-state index in [0.717, 1.165) is 18.2 Å². The molecule has 0 atom stereocenters. The third-order valence-corrected chi connectivity index (χ3v) is 4.34. The summed E-state index contributed by atoms with van der Waals surface area (Å²) in [6.07, 6.45) is 0. The van der Waals surface area contributed by atoms with Crippen LogP contribution in [0.25, 0.3) is 22.8 Å². The average Bonchev–Trinajstić information content (AvgIpc) is 3.24. The lowest BCUT2D eigenvalue weighted by Gasteiger charge is -2.12. The Morgan fingerprint density at radius 2 is 1.73 bits per heavy atom. The number of halogens is 3. The van der Waals surface area contributed by atoms with Gasteiger partial charge in [0.1, 0.15) is 24.1 Å². The van der Waals surface area contributed by atoms with E-state index in [0.29, 0.717) is 17.1 Å². The van der Waals surface area contributed by atoms with E-state index in [1.807, 2.05) is 0 Å². The van der Waals surface area contributed by atoms with Crippen LogP contribution in [0, 0.1) is 17.5 Å². The summed E-state index contributed by atoms with van der Waals surface area (Å²) in [5.74, 6) is -0.666. The van der Waals surface area contributed by atoms with Crippen LogP contribution in [-0.2, 0) is 6.61 Å². The van der Waals surface area contributed by atoms with E-state index in [1.54, 1.807) is 30.3 Å². The van der Waals surface area contributed by atoms with Gasteiger partial charge >= 0.3 is 0 Å². The zero-order chi connectivity index (χ0) is 21.1. The molecule has 0 fully saturated rings. The predicted octanol–water partition coefficient (Wildman–Crippen LogP) is 5.41. The molecule has 0 amide bonds. The van der Waals surface area contributed by atoms with Crippen LogP contribution < -0.4 is 9.47 Å². The lowest BCUT2D eigenvalue weighted by molar-refractivity contribution is 0.279. The van der Waals surface area contributed by atoms with Gasteiger partial charge in [-0.05, 0) is 48.5 Å². The first kappa shape index (κ1) is 19.5. The van der Waals surface area contributed by atoms with Gasteiger partial charge in [0.05, 0.1) is 12.7 Å². The molecule has 4 rings (SSSR count). The molecule has 0 radical (unpaired) electrons. The summed E-state index contributed by atoms with van der Waals surface area (Å²) < 4.78 is 57.1. The Morgan fingerprint density at radius 1 is 0.900 bits per heavy atom. The Labute approximate surface area is 169 Å². The van der Waals surface area contributed by atoms with Crippen molar-refractivity contribution in [1.82, 2.24) is 10.1 Å². The first-order valence-corrected chi connectivity index (χ1v) is 8.89. The maximum absolute atomic E-state index is 13.9. The highest BCUT2D eigenvalue weighted by molar-refractivity contribution is 5.63. The highest BCUT2D eigenvalue weighted by Crippen LogP contribution is 2.33. The number of hydrogen-bond donors (Lipinski definition) is 0. The van der Waals surface area contributed by atoms with Crippen molar-refractivity contribution in [2.24, 2.45) is 0 Å². The average molecular weight is 412 g/mol. The maximum atomic E-state index is 13.9. The SMILES string of the molecule is COc1cc(-c2noc(-c3ccccc3F)n2)ccc1OCc1cc(F)ccc1F. The Bertz CT molecular complexity index is 1190. The number of benzene rings is 3. The van der Waals surface area contributed by atoms with Gasteiger partial charge < -0.3 is 14.0 Å². The van der Waals surface area contributed by atoms with E-state index in [9.17, 15) is 13.2 Å². The minimum atomic E-state index is -0.570. The van der Waals surface area contributed by atoms with Crippen molar-refractivity contribution in [3.63, 3.8) is 0 Å². The zero-order valence-corrected chi connectivity index (χ0v) is 15.7. The van der Waals surface area contributed by atoms with Gasteiger partial charge in [-0.25, -0.2) is 13.2 Å². The fourth-order valence-corrected chi connectivity index (χ4v) is 2.82. The van der Waals surface area contributed by atoms with Crippen molar-refractivity contribution in [1.29, 1.82) is 0 Å². The minimum Gasteiger partial charge on any atom is -0.493 e. The number of ether oxygens (including phenoxy) is 2. The van der Waals surface area contributed by atoms with Gasteiger partial charge in [-0.3, -0.25) is 0 Å². The van der Waals surface area contributed by atoms with E-state index < -0.39 is 17.5 Å². The number of nitrogens with zero attached hydrogens (tertiary/aromatic N) is 2. The van der Waals surface area contributed by atoms with Crippen LogP contribution in [0.15, 0.2) is 65.2 Å². The topological polar surface area (TPSA) is 57.4 Å². The van der Waals surface area contributed by atoms with Crippen molar-refractivity contribution in [2.75, 3.05) is 7.11 Å². The van der Waals surface area contributed by atoms with Crippen LogP contribution in [0.1, 0.15) is 5.56 Å². The lowest BCUT2D eigenvalue weighted by atomic mass is 10.2. The molecular formula is C22H15F3N2O3. The Hall–Kier alpha value is -3.81. The number of aromatic nitrogens is 2. The van der Waals surface area contributed by atoms with Crippen LogP contribution in [-0.4, -0.2) is 17.3 Å². The van der Waals surface area contributed by atoms with Gasteiger partial charge in [-0.2, -0.15) is 4.98 Å². The summed E-state index contributed by atoms with van der Waals surface area (Å²) in [4.78, 5) is 4.23. The summed E-state index contributed by atoms with van der Waals surface area (Å²) in [6.45, 7) is -0.182. The van der Waals surface area contributed by atoms with Gasteiger partial charge in [0.2, 0.25) is 5.82 Å². The number of methoxy groups -OCH3 is 1. The Balaban J connectivity index is 1.57. The Morgan fingerprint density at radius 3 is 2.53 bits per heavy atom. The molecule has 5 nitrogen and oxygen atoms in total. The van der Waals surface area contributed by atoms with E-state index >= 15 is 0 Å². The van der Waals surface area contributed by atoms with Crippen LogP contribution in [0.5, 0.6) is 11.5 Å². The third-order valence-electron chi connectivity index (χ3n) is 4.34. The second kappa shape index (κ2) is 8.28. The molecule has 1 aromatic heterocycles. The fourth-order valence-electron chi connectivity index (χ4n) is 2.82. The molecule has 8 heteroatoms. The first-order chi connectivity index (χ1) is 14.5.